The summed E-state index contributed by atoms with van der Waals surface area (Å²) in [5.74, 6) is 0.116. The Morgan fingerprint density at radius 3 is 2.62 bits per heavy atom. The molecule has 1 fully saturated rings. The number of benzene rings is 2. The first kappa shape index (κ1) is 24.5. The highest BCUT2D eigenvalue weighted by Gasteiger charge is 2.29. The van der Waals surface area contributed by atoms with E-state index in [0.717, 1.165) is 51.3 Å². The minimum atomic E-state index is -0.107. The summed E-state index contributed by atoms with van der Waals surface area (Å²) in [4.78, 5) is 23.2. The highest BCUT2D eigenvalue weighted by molar-refractivity contribution is 7.98. The summed E-state index contributed by atoms with van der Waals surface area (Å²) in [5, 5.41) is 3.17. The number of nitrogens with one attached hydrogen (secondary N) is 1. The molecule has 1 aliphatic rings. The van der Waals surface area contributed by atoms with Crippen molar-refractivity contribution in [2.45, 2.75) is 30.3 Å². The van der Waals surface area contributed by atoms with Gasteiger partial charge in [-0.3, -0.25) is 14.6 Å². The van der Waals surface area contributed by atoms with Gasteiger partial charge in [0.2, 0.25) is 5.91 Å². The van der Waals surface area contributed by atoms with Crippen molar-refractivity contribution in [3.63, 3.8) is 0 Å². The zero-order valence-electron chi connectivity index (χ0n) is 20.2. The van der Waals surface area contributed by atoms with Gasteiger partial charge in [0, 0.05) is 62.5 Å². The van der Waals surface area contributed by atoms with Gasteiger partial charge in [0.1, 0.15) is 6.04 Å². The number of likely N-dealkylation sites (N-methyl/N-ethyl adjacent to an activating group) is 1. The lowest BCUT2D eigenvalue weighted by Gasteiger charge is -2.38. The van der Waals surface area contributed by atoms with Crippen LogP contribution in [0.25, 0.3) is 0 Å². The first-order chi connectivity index (χ1) is 16.6. The average Bonchev–Trinajstić information content (AvgIpc) is 3.31. The molecule has 2 aromatic carbocycles. The molecular formula is C27H35N5OS. The van der Waals surface area contributed by atoms with Crippen molar-refractivity contribution in [3.8, 4) is 0 Å². The van der Waals surface area contributed by atoms with Crippen molar-refractivity contribution in [2.24, 2.45) is 0 Å². The summed E-state index contributed by atoms with van der Waals surface area (Å²) in [6.07, 6.45) is 7.65. The largest absolute Gasteiger partial charge is 0.354 e. The number of carbonyl (C=O) groups is 1. The van der Waals surface area contributed by atoms with Crippen LogP contribution in [0.2, 0.25) is 0 Å². The predicted octanol–water partition coefficient (Wildman–Crippen LogP) is 3.17. The molecule has 34 heavy (non-hydrogen) atoms. The van der Waals surface area contributed by atoms with Gasteiger partial charge < -0.3 is 9.88 Å². The maximum Gasteiger partial charge on any atom is 0.238 e. The third-order valence-corrected chi connectivity index (χ3v) is 7.33. The number of carbonyl (C=O) groups excluding carboxylic acids is 1. The molecule has 3 aromatic rings. The molecule has 2 heterocycles. The van der Waals surface area contributed by atoms with Crippen molar-refractivity contribution < 1.29 is 4.79 Å². The first-order valence-corrected chi connectivity index (χ1v) is 13.2. The molecule has 1 amide bonds. The van der Waals surface area contributed by atoms with Gasteiger partial charge in [-0.1, -0.05) is 42.5 Å². The second-order valence-electron chi connectivity index (χ2n) is 8.93. The molecule has 1 aromatic heterocycles. The van der Waals surface area contributed by atoms with Crippen LogP contribution < -0.4 is 5.32 Å². The number of hydrogen-bond donors (Lipinski definition) is 1. The second kappa shape index (κ2) is 12.2. The van der Waals surface area contributed by atoms with E-state index < -0.39 is 0 Å². The summed E-state index contributed by atoms with van der Waals surface area (Å²) in [6, 6.07) is 19.1. The van der Waals surface area contributed by atoms with E-state index in [2.05, 4.69) is 92.6 Å². The molecule has 1 saturated heterocycles. The Hall–Kier alpha value is -2.61. The third kappa shape index (κ3) is 6.72. The fraction of sp³-hybridized carbons (Fsp3) is 0.407. The summed E-state index contributed by atoms with van der Waals surface area (Å²) in [7, 11) is 2.05. The number of amides is 1. The molecular weight excluding hydrogens is 442 g/mol. The highest BCUT2D eigenvalue weighted by atomic mass is 32.2. The molecule has 180 valence electrons. The van der Waals surface area contributed by atoms with E-state index in [0.29, 0.717) is 6.54 Å². The number of rotatable bonds is 10. The van der Waals surface area contributed by atoms with Crippen LogP contribution in [0.5, 0.6) is 0 Å². The van der Waals surface area contributed by atoms with Crippen LogP contribution in [0.15, 0.2) is 72.0 Å². The Balaban J connectivity index is 1.25. The Bertz CT molecular complexity index is 1040. The quantitative estimate of drug-likeness (QED) is 0.455. The van der Waals surface area contributed by atoms with E-state index in [9.17, 15) is 4.79 Å². The Morgan fingerprint density at radius 2 is 1.85 bits per heavy atom. The van der Waals surface area contributed by atoms with Gasteiger partial charge in [-0.25, -0.2) is 4.98 Å². The maximum absolute atomic E-state index is 13.0. The van der Waals surface area contributed by atoms with Crippen LogP contribution in [0, 0.1) is 0 Å². The van der Waals surface area contributed by atoms with Gasteiger partial charge >= 0.3 is 0 Å². The van der Waals surface area contributed by atoms with Gasteiger partial charge in [-0.15, -0.1) is 11.8 Å². The molecule has 4 rings (SSSR count). The SMILES string of the molecule is CSc1ccc(Cn2cncc2CCNC(=O)C2CN(CCc3ccccc3)CCN2C)cc1. The molecule has 6 nitrogen and oxygen atoms in total. The minimum absolute atomic E-state index is 0.107. The first-order valence-electron chi connectivity index (χ1n) is 12.0. The summed E-state index contributed by atoms with van der Waals surface area (Å²) >= 11 is 1.75. The smallest absolute Gasteiger partial charge is 0.238 e. The van der Waals surface area contributed by atoms with E-state index in [1.165, 1.54) is 16.0 Å². The highest BCUT2D eigenvalue weighted by Crippen LogP contribution is 2.16. The zero-order valence-corrected chi connectivity index (χ0v) is 21.0. The second-order valence-corrected chi connectivity index (χ2v) is 9.81. The van der Waals surface area contributed by atoms with Crippen molar-refractivity contribution in [2.75, 3.05) is 46.0 Å². The summed E-state index contributed by atoms with van der Waals surface area (Å²) < 4.78 is 2.16. The zero-order chi connectivity index (χ0) is 23.8. The molecule has 0 radical (unpaired) electrons. The van der Waals surface area contributed by atoms with E-state index >= 15 is 0 Å². The third-order valence-electron chi connectivity index (χ3n) is 6.59. The Kier molecular flexibility index (Phi) is 8.79. The lowest BCUT2D eigenvalue weighted by atomic mass is 10.1. The van der Waals surface area contributed by atoms with Gasteiger partial charge in [-0.05, 0) is 43.0 Å². The maximum atomic E-state index is 13.0. The number of imidazole rings is 1. The summed E-state index contributed by atoms with van der Waals surface area (Å²) in [5.41, 5.74) is 3.73. The van der Waals surface area contributed by atoms with Crippen LogP contribution in [-0.2, 0) is 24.2 Å². The standard InChI is InChI=1S/C27H35N5OS/c1-30-16-17-31(15-13-22-6-4-3-5-7-22)20-26(30)27(33)29-14-12-24-18-28-21-32(24)19-23-8-10-25(34-2)11-9-23/h3-11,18,21,26H,12-17,19-20H2,1-2H3,(H,29,33). The number of aromatic nitrogens is 2. The van der Waals surface area contributed by atoms with Crippen LogP contribution >= 0.6 is 11.8 Å². The number of nitrogens with zero attached hydrogens (tertiary/aromatic N) is 4. The number of piperazine rings is 1. The van der Waals surface area contributed by atoms with Crippen LogP contribution in [0.4, 0.5) is 0 Å². The fourth-order valence-corrected chi connectivity index (χ4v) is 4.81. The van der Waals surface area contributed by atoms with Crippen LogP contribution in [-0.4, -0.2) is 77.3 Å². The van der Waals surface area contributed by atoms with Crippen molar-refractivity contribution in [1.29, 1.82) is 0 Å². The Labute approximate surface area is 207 Å². The molecule has 0 spiro atoms. The molecule has 1 unspecified atom stereocenters. The molecule has 0 saturated carbocycles. The van der Waals surface area contributed by atoms with Crippen molar-refractivity contribution in [1.82, 2.24) is 24.7 Å². The summed E-state index contributed by atoms with van der Waals surface area (Å²) in [6.45, 7) is 5.08. The van der Waals surface area contributed by atoms with Gasteiger partial charge in [0.25, 0.3) is 0 Å². The van der Waals surface area contributed by atoms with Crippen molar-refractivity contribution >= 4 is 17.7 Å². The van der Waals surface area contributed by atoms with E-state index in [1.54, 1.807) is 11.8 Å². The molecule has 0 bridgehead atoms. The molecule has 1 aliphatic heterocycles. The molecule has 7 heteroatoms. The normalized spacial score (nSPS) is 17.1. The van der Waals surface area contributed by atoms with Gasteiger partial charge in [0.15, 0.2) is 0 Å². The molecule has 1 atom stereocenters. The lowest BCUT2D eigenvalue weighted by molar-refractivity contribution is -0.128. The van der Waals surface area contributed by atoms with E-state index in [4.69, 9.17) is 0 Å². The van der Waals surface area contributed by atoms with Crippen LogP contribution in [0.3, 0.4) is 0 Å². The fourth-order valence-electron chi connectivity index (χ4n) is 4.41. The monoisotopic (exact) mass is 477 g/mol. The topological polar surface area (TPSA) is 53.4 Å². The number of hydrogen-bond acceptors (Lipinski definition) is 5. The minimum Gasteiger partial charge on any atom is -0.354 e. The van der Waals surface area contributed by atoms with E-state index in [1.807, 2.05) is 12.5 Å². The lowest BCUT2D eigenvalue weighted by Crippen LogP contribution is -2.58. The van der Waals surface area contributed by atoms with Gasteiger partial charge in [0.05, 0.1) is 6.33 Å². The number of thioether (sulfide) groups is 1. The van der Waals surface area contributed by atoms with E-state index in [-0.39, 0.29) is 11.9 Å². The van der Waals surface area contributed by atoms with Crippen LogP contribution in [0.1, 0.15) is 16.8 Å². The predicted molar refractivity (Wildman–Crippen MR) is 139 cm³/mol. The van der Waals surface area contributed by atoms with Gasteiger partial charge in [-0.2, -0.15) is 0 Å². The average molecular weight is 478 g/mol. The van der Waals surface area contributed by atoms with Crippen molar-refractivity contribution in [3.05, 3.63) is 83.9 Å². The molecule has 1 N–H and O–H groups in total. The Morgan fingerprint density at radius 1 is 1.06 bits per heavy atom. The molecule has 0 aliphatic carbocycles.